The van der Waals surface area contributed by atoms with Gasteiger partial charge >= 0.3 is 6.03 Å². The number of nitrogens with zero attached hydrogens (tertiary/aromatic N) is 2. The van der Waals surface area contributed by atoms with E-state index in [-0.39, 0.29) is 11.8 Å². The molecule has 29 heavy (non-hydrogen) atoms. The number of aromatic nitrogens is 1. The number of aromatic amines is 1. The number of hydrogen-bond acceptors (Lipinski definition) is 4. The highest BCUT2D eigenvalue weighted by Gasteiger charge is 2.60. The molecule has 0 aliphatic carbocycles. The van der Waals surface area contributed by atoms with Crippen LogP contribution in [0.2, 0.25) is 0 Å². The van der Waals surface area contributed by atoms with Gasteiger partial charge in [-0.05, 0) is 50.5 Å². The maximum Gasteiger partial charge on any atom is 0.328 e. The van der Waals surface area contributed by atoms with Crippen molar-refractivity contribution in [2.75, 3.05) is 20.2 Å². The number of urea groups is 1. The smallest absolute Gasteiger partial charge is 0.328 e. The number of imide groups is 1. The fourth-order valence-electron chi connectivity index (χ4n) is 4.43. The van der Waals surface area contributed by atoms with Crippen molar-refractivity contribution in [3.05, 3.63) is 29.5 Å². The molecule has 1 aromatic carbocycles. The van der Waals surface area contributed by atoms with Gasteiger partial charge in [0.25, 0.3) is 5.91 Å². The summed E-state index contributed by atoms with van der Waals surface area (Å²) in [6, 6.07) is 4.44. The first-order valence-corrected chi connectivity index (χ1v) is 9.96. The molecule has 0 spiro atoms. The van der Waals surface area contributed by atoms with Gasteiger partial charge in [0.05, 0.1) is 12.8 Å². The van der Waals surface area contributed by atoms with E-state index < -0.39 is 17.6 Å². The molecular weight excluding hydrogens is 372 g/mol. The molecule has 2 N–H and O–H groups in total. The number of hydrogen-bond donors (Lipinski definition) is 2. The van der Waals surface area contributed by atoms with Crippen LogP contribution < -0.4 is 10.1 Å². The van der Waals surface area contributed by atoms with Crippen molar-refractivity contribution in [1.82, 2.24) is 20.1 Å². The van der Waals surface area contributed by atoms with Gasteiger partial charge in [-0.3, -0.25) is 9.59 Å². The molecule has 3 heterocycles. The molecule has 0 radical (unpaired) electrons. The van der Waals surface area contributed by atoms with E-state index in [1.54, 1.807) is 25.9 Å². The zero-order valence-electron chi connectivity index (χ0n) is 17.2. The maximum atomic E-state index is 13.5. The fourth-order valence-corrected chi connectivity index (χ4v) is 4.43. The average Bonchev–Trinajstić information content (AvgIpc) is 3.19. The number of ether oxygens (including phenoxy) is 1. The molecule has 0 saturated carbocycles. The lowest BCUT2D eigenvalue weighted by molar-refractivity contribution is -0.139. The van der Waals surface area contributed by atoms with Crippen molar-refractivity contribution in [2.45, 2.75) is 45.2 Å². The van der Waals surface area contributed by atoms with E-state index in [0.717, 1.165) is 33.5 Å². The van der Waals surface area contributed by atoms with Crippen molar-refractivity contribution < 1.29 is 19.1 Å². The van der Waals surface area contributed by atoms with E-state index in [0.29, 0.717) is 25.2 Å². The van der Waals surface area contributed by atoms with Crippen molar-refractivity contribution in [2.24, 2.45) is 0 Å². The summed E-state index contributed by atoms with van der Waals surface area (Å²) >= 11 is 0. The van der Waals surface area contributed by atoms with Gasteiger partial charge in [0.1, 0.15) is 11.8 Å². The number of benzene rings is 1. The summed E-state index contributed by atoms with van der Waals surface area (Å²) in [7, 11) is 1.62. The predicted molar refractivity (Wildman–Crippen MR) is 108 cm³/mol. The maximum absolute atomic E-state index is 13.5. The van der Waals surface area contributed by atoms with Gasteiger partial charge in [-0.1, -0.05) is 6.92 Å². The van der Waals surface area contributed by atoms with Crippen LogP contribution in [0.1, 0.15) is 38.4 Å². The summed E-state index contributed by atoms with van der Waals surface area (Å²) < 4.78 is 5.34. The summed E-state index contributed by atoms with van der Waals surface area (Å²) in [5.41, 5.74) is 1.47. The fraction of sp³-hybridized carbons (Fsp3) is 0.476. The van der Waals surface area contributed by atoms with Crippen LogP contribution in [0.5, 0.6) is 5.75 Å². The molecule has 2 atom stereocenters. The molecule has 4 amide bonds. The van der Waals surface area contributed by atoms with Crippen LogP contribution in [0.4, 0.5) is 4.79 Å². The van der Waals surface area contributed by atoms with Crippen molar-refractivity contribution in [3.63, 3.8) is 0 Å². The normalized spacial score (nSPS) is 21.9. The third kappa shape index (κ3) is 2.62. The van der Waals surface area contributed by atoms with Gasteiger partial charge in [0.15, 0.2) is 5.54 Å². The Morgan fingerprint density at radius 1 is 1.38 bits per heavy atom. The highest BCUT2D eigenvalue weighted by Crippen LogP contribution is 2.45. The Morgan fingerprint density at radius 2 is 2.14 bits per heavy atom. The van der Waals surface area contributed by atoms with Crippen LogP contribution in [0.25, 0.3) is 10.9 Å². The summed E-state index contributed by atoms with van der Waals surface area (Å²) in [6.45, 7) is 6.23. The summed E-state index contributed by atoms with van der Waals surface area (Å²) in [4.78, 5) is 45.1. The summed E-state index contributed by atoms with van der Waals surface area (Å²) in [5.74, 6) is 0.0447. The Hall–Kier alpha value is -3.03. The van der Waals surface area contributed by atoms with E-state index in [9.17, 15) is 14.4 Å². The molecule has 154 valence electrons. The van der Waals surface area contributed by atoms with Crippen molar-refractivity contribution in [3.8, 4) is 5.75 Å². The van der Waals surface area contributed by atoms with Crippen LogP contribution >= 0.6 is 0 Å². The number of fused-ring (bicyclic) bond motifs is 5. The lowest BCUT2D eigenvalue weighted by atomic mass is 9.87. The predicted octanol–water partition coefficient (Wildman–Crippen LogP) is 2.13. The molecule has 2 aromatic rings. The molecule has 0 unspecified atom stereocenters. The largest absolute Gasteiger partial charge is 0.497 e. The molecule has 8 heteroatoms. The number of H-pyrrole nitrogens is 1. The van der Waals surface area contributed by atoms with Gasteiger partial charge in [-0.15, -0.1) is 0 Å². The highest BCUT2D eigenvalue weighted by molar-refractivity contribution is 6.11. The number of amides is 4. The Labute approximate surface area is 169 Å². The Kier molecular flexibility index (Phi) is 4.52. The monoisotopic (exact) mass is 398 g/mol. The topological polar surface area (TPSA) is 94.7 Å². The first-order chi connectivity index (χ1) is 13.8. The number of nitrogens with one attached hydrogen (secondary N) is 2. The molecular formula is C21H26N4O4. The van der Waals surface area contributed by atoms with Crippen LogP contribution in [-0.2, 0) is 21.5 Å². The second-order valence-electron chi connectivity index (χ2n) is 7.79. The van der Waals surface area contributed by atoms with Crippen LogP contribution in [-0.4, -0.2) is 58.9 Å². The van der Waals surface area contributed by atoms with Gasteiger partial charge < -0.3 is 19.9 Å². The number of methoxy groups -OCH3 is 1. The van der Waals surface area contributed by atoms with Crippen molar-refractivity contribution in [1.29, 1.82) is 0 Å². The second kappa shape index (κ2) is 6.79. The first-order valence-electron chi connectivity index (χ1n) is 9.96. The molecule has 1 fully saturated rings. The minimum absolute atomic E-state index is 0.321. The molecule has 0 bridgehead atoms. The van der Waals surface area contributed by atoms with Gasteiger partial charge in [0.2, 0.25) is 5.91 Å². The minimum Gasteiger partial charge on any atom is -0.497 e. The molecule has 8 nitrogen and oxygen atoms in total. The van der Waals surface area contributed by atoms with Crippen LogP contribution in [0.3, 0.4) is 0 Å². The quantitative estimate of drug-likeness (QED) is 0.755. The zero-order chi connectivity index (χ0) is 20.9. The molecule has 2 aliphatic rings. The number of carbonyl (C=O) groups excluding carboxylic acids is 3. The molecule has 1 saturated heterocycles. The van der Waals surface area contributed by atoms with Gasteiger partial charge in [-0.2, -0.15) is 0 Å². The summed E-state index contributed by atoms with van der Waals surface area (Å²) in [5, 5.41) is 3.77. The van der Waals surface area contributed by atoms with Crippen LogP contribution in [0, 0.1) is 0 Å². The SMILES string of the molecule is CCCNC(=O)[C@H](C)N1C(=O)N2CCc3c([nH]c4ccc(OC)cc34)[C@]2(C)C1=O. The number of rotatable bonds is 5. The number of carbonyl (C=O) groups is 3. The Bertz CT molecular complexity index is 1010. The zero-order valence-corrected chi connectivity index (χ0v) is 17.2. The first kappa shape index (κ1) is 19.3. The van der Waals surface area contributed by atoms with E-state index >= 15 is 0 Å². The third-order valence-electron chi connectivity index (χ3n) is 6.11. The third-order valence-corrected chi connectivity index (χ3v) is 6.11. The standard InChI is InChI=1S/C21H26N4O4/c1-5-9-22-18(26)12(2)25-19(27)21(3)17-14(8-10-24(21)20(25)28)15-11-13(29-4)6-7-16(15)23-17/h6-7,11-12,23H,5,8-10H2,1-4H3,(H,22,26)/t12-,21+/m0/s1. The van der Waals surface area contributed by atoms with Crippen LogP contribution in [0.15, 0.2) is 18.2 Å². The van der Waals surface area contributed by atoms with E-state index in [1.807, 2.05) is 25.1 Å². The van der Waals surface area contributed by atoms with Gasteiger partial charge in [-0.25, -0.2) is 9.69 Å². The second-order valence-corrected chi connectivity index (χ2v) is 7.79. The van der Waals surface area contributed by atoms with E-state index in [1.165, 1.54) is 0 Å². The minimum atomic E-state index is -1.16. The van der Waals surface area contributed by atoms with Gasteiger partial charge in [0, 0.05) is 24.0 Å². The lowest BCUT2D eigenvalue weighted by Gasteiger charge is -2.36. The molecule has 4 rings (SSSR count). The highest BCUT2D eigenvalue weighted by atomic mass is 16.5. The lowest BCUT2D eigenvalue weighted by Crippen LogP contribution is -2.50. The molecule has 1 aromatic heterocycles. The van der Waals surface area contributed by atoms with Crippen molar-refractivity contribution >= 4 is 28.7 Å². The Balaban J connectivity index is 1.76. The summed E-state index contributed by atoms with van der Waals surface area (Å²) in [6.07, 6.45) is 1.41. The van der Waals surface area contributed by atoms with E-state index in [2.05, 4.69) is 10.3 Å². The average molecular weight is 398 g/mol. The molecule has 2 aliphatic heterocycles. The van der Waals surface area contributed by atoms with E-state index in [4.69, 9.17) is 4.74 Å². The Morgan fingerprint density at radius 3 is 2.83 bits per heavy atom.